The topological polar surface area (TPSA) is 64.2 Å². The van der Waals surface area contributed by atoms with Gasteiger partial charge in [0.1, 0.15) is 0 Å². The van der Waals surface area contributed by atoms with Gasteiger partial charge in [-0.15, -0.1) is 12.4 Å². The van der Waals surface area contributed by atoms with Crippen LogP contribution < -0.4 is 5.73 Å². The SMILES string of the molecule is CCCC(C)(N)C(=O)N1CCC(c2cnn(CC)c2)CC1.Cl. The molecular formula is C16H29ClN4O. The Kier molecular flexibility index (Phi) is 6.88. The molecule has 1 atom stereocenters. The summed E-state index contributed by atoms with van der Waals surface area (Å²) in [5.41, 5.74) is 6.75. The van der Waals surface area contributed by atoms with Crippen molar-refractivity contribution < 1.29 is 4.79 Å². The second kappa shape index (κ2) is 7.97. The maximum absolute atomic E-state index is 12.5. The van der Waals surface area contributed by atoms with Gasteiger partial charge in [-0.05, 0) is 44.6 Å². The lowest BCUT2D eigenvalue weighted by molar-refractivity contribution is -0.137. The summed E-state index contributed by atoms with van der Waals surface area (Å²) in [6.45, 7) is 8.52. The van der Waals surface area contributed by atoms with E-state index in [0.29, 0.717) is 5.92 Å². The zero-order chi connectivity index (χ0) is 15.5. The summed E-state index contributed by atoms with van der Waals surface area (Å²) in [7, 11) is 0. The molecule has 1 aliphatic rings. The molecule has 1 aromatic rings. The molecule has 0 aliphatic carbocycles. The van der Waals surface area contributed by atoms with E-state index in [4.69, 9.17) is 5.73 Å². The fraction of sp³-hybridized carbons (Fsp3) is 0.750. The van der Waals surface area contributed by atoms with Crippen LogP contribution in [0.15, 0.2) is 12.4 Å². The van der Waals surface area contributed by atoms with Crippen LogP contribution in [0.2, 0.25) is 0 Å². The van der Waals surface area contributed by atoms with Gasteiger partial charge < -0.3 is 10.6 Å². The van der Waals surface area contributed by atoms with Crippen molar-refractivity contribution in [2.45, 2.75) is 64.5 Å². The number of hydrogen-bond acceptors (Lipinski definition) is 3. The van der Waals surface area contributed by atoms with Crippen LogP contribution in [0.3, 0.4) is 0 Å². The first-order valence-corrected chi connectivity index (χ1v) is 8.08. The van der Waals surface area contributed by atoms with Crippen LogP contribution in [0, 0.1) is 0 Å². The van der Waals surface area contributed by atoms with E-state index in [1.54, 1.807) is 0 Å². The fourth-order valence-electron chi connectivity index (χ4n) is 3.17. The molecule has 0 radical (unpaired) electrons. The summed E-state index contributed by atoms with van der Waals surface area (Å²) in [6.07, 6.45) is 7.79. The Bertz CT molecular complexity index is 478. The molecule has 0 bridgehead atoms. The number of piperidine rings is 1. The van der Waals surface area contributed by atoms with Crippen molar-refractivity contribution in [3.05, 3.63) is 18.0 Å². The number of hydrogen-bond donors (Lipinski definition) is 1. The number of aryl methyl sites for hydroxylation is 1. The number of aromatic nitrogens is 2. The molecule has 1 aromatic heterocycles. The van der Waals surface area contributed by atoms with Crippen LogP contribution in [0.4, 0.5) is 0 Å². The number of halogens is 1. The third-order valence-electron chi connectivity index (χ3n) is 4.49. The predicted molar refractivity (Wildman–Crippen MR) is 91.2 cm³/mol. The number of nitrogens with zero attached hydrogens (tertiary/aromatic N) is 3. The van der Waals surface area contributed by atoms with Crippen molar-refractivity contribution >= 4 is 18.3 Å². The molecule has 0 spiro atoms. The van der Waals surface area contributed by atoms with E-state index in [9.17, 15) is 4.79 Å². The second-order valence-electron chi connectivity index (χ2n) is 6.36. The molecule has 6 heteroatoms. The van der Waals surface area contributed by atoms with Crippen molar-refractivity contribution in [3.8, 4) is 0 Å². The van der Waals surface area contributed by atoms with Gasteiger partial charge >= 0.3 is 0 Å². The maximum atomic E-state index is 12.5. The highest BCUT2D eigenvalue weighted by molar-refractivity contribution is 5.86. The van der Waals surface area contributed by atoms with E-state index in [1.165, 1.54) is 5.56 Å². The number of nitrogens with two attached hydrogens (primary N) is 1. The molecule has 1 saturated heterocycles. The number of carbonyl (C=O) groups is 1. The molecular weight excluding hydrogens is 300 g/mol. The molecule has 1 aliphatic heterocycles. The summed E-state index contributed by atoms with van der Waals surface area (Å²) in [4.78, 5) is 14.4. The van der Waals surface area contributed by atoms with E-state index in [0.717, 1.165) is 45.3 Å². The van der Waals surface area contributed by atoms with E-state index in [1.807, 2.05) is 22.7 Å². The quantitative estimate of drug-likeness (QED) is 0.903. The maximum Gasteiger partial charge on any atom is 0.242 e. The fourth-order valence-corrected chi connectivity index (χ4v) is 3.17. The average Bonchev–Trinajstić information content (AvgIpc) is 2.95. The first kappa shape index (κ1) is 19.0. The first-order valence-electron chi connectivity index (χ1n) is 8.08. The number of rotatable bonds is 5. The van der Waals surface area contributed by atoms with Gasteiger partial charge in [0.15, 0.2) is 0 Å². The molecule has 1 fully saturated rings. The van der Waals surface area contributed by atoms with Crippen LogP contribution in [0.25, 0.3) is 0 Å². The minimum Gasteiger partial charge on any atom is -0.341 e. The molecule has 2 N–H and O–H groups in total. The Morgan fingerprint density at radius 1 is 1.41 bits per heavy atom. The van der Waals surface area contributed by atoms with Crippen molar-refractivity contribution in [2.24, 2.45) is 5.73 Å². The van der Waals surface area contributed by atoms with Crippen LogP contribution in [-0.2, 0) is 11.3 Å². The van der Waals surface area contributed by atoms with Gasteiger partial charge in [-0.3, -0.25) is 9.48 Å². The summed E-state index contributed by atoms with van der Waals surface area (Å²) in [5.74, 6) is 0.622. The largest absolute Gasteiger partial charge is 0.341 e. The third kappa shape index (κ3) is 4.23. The van der Waals surface area contributed by atoms with Crippen molar-refractivity contribution in [1.29, 1.82) is 0 Å². The van der Waals surface area contributed by atoms with Gasteiger partial charge in [0.25, 0.3) is 0 Å². The number of amides is 1. The van der Waals surface area contributed by atoms with Crippen molar-refractivity contribution in [3.63, 3.8) is 0 Å². The van der Waals surface area contributed by atoms with Gasteiger partial charge in [-0.2, -0.15) is 5.10 Å². The lowest BCUT2D eigenvalue weighted by Crippen LogP contribution is -2.54. The zero-order valence-corrected chi connectivity index (χ0v) is 14.7. The molecule has 0 saturated carbocycles. The molecule has 22 heavy (non-hydrogen) atoms. The normalized spacial score (nSPS) is 18.6. The standard InChI is InChI=1S/C16H28N4O.ClH/c1-4-8-16(3,17)15(21)19-9-6-13(7-10-19)14-11-18-20(5-2)12-14;/h11-13H,4-10,17H2,1-3H3;1H. The summed E-state index contributed by atoms with van der Waals surface area (Å²) in [5, 5.41) is 4.34. The van der Waals surface area contributed by atoms with Crippen LogP contribution >= 0.6 is 12.4 Å². The van der Waals surface area contributed by atoms with Crippen molar-refractivity contribution in [1.82, 2.24) is 14.7 Å². The van der Waals surface area contributed by atoms with Crippen LogP contribution in [-0.4, -0.2) is 39.2 Å². The molecule has 2 heterocycles. The summed E-state index contributed by atoms with van der Waals surface area (Å²) in [6, 6.07) is 0. The van der Waals surface area contributed by atoms with Gasteiger partial charge in [-0.1, -0.05) is 13.3 Å². The van der Waals surface area contributed by atoms with Gasteiger partial charge in [0.2, 0.25) is 5.91 Å². The molecule has 0 aromatic carbocycles. The van der Waals surface area contributed by atoms with Gasteiger partial charge in [-0.25, -0.2) is 0 Å². The number of likely N-dealkylation sites (tertiary alicyclic amines) is 1. The van der Waals surface area contributed by atoms with E-state index in [-0.39, 0.29) is 18.3 Å². The van der Waals surface area contributed by atoms with Crippen LogP contribution in [0.5, 0.6) is 0 Å². The Hall–Kier alpha value is -1.07. The smallest absolute Gasteiger partial charge is 0.242 e. The van der Waals surface area contributed by atoms with Gasteiger partial charge in [0, 0.05) is 25.8 Å². The third-order valence-corrected chi connectivity index (χ3v) is 4.49. The van der Waals surface area contributed by atoms with Crippen LogP contribution in [0.1, 0.15) is 57.9 Å². The molecule has 1 amide bonds. The minimum absolute atomic E-state index is 0. The minimum atomic E-state index is -0.714. The molecule has 1 unspecified atom stereocenters. The van der Waals surface area contributed by atoms with E-state index < -0.39 is 5.54 Å². The summed E-state index contributed by atoms with van der Waals surface area (Å²) < 4.78 is 1.96. The molecule has 5 nitrogen and oxygen atoms in total. The van der Waals surface area contributed by atoms with Crippen molar-refractivity contribution in [2.75, 3.05) is 13.1 Å². The molecule has 126 valence electrons. The Labute approximate surface area is 139 Å². The lowest BCUT2D eigenvalue weighted by atomic mass is 9.89. The zero-order valence-electron chi connectivity index (χ0n) is 13.9. The Balaban J connectivity index is 0.00000242. The first-order chi connectivity index (χ1) is 9.97. The average molecular weight is 329 g/mol. The summed E-state index contributed by atoms with van der Waals surface area (Å²) >= 11 is 0. The Morgan fingerprint density at radius 3 is 2.55 bits per heavy atom. The van der Waals surface area contributed by atoms with Gasteiger partial charge in [0.05, 0.1) is 11.7 Å². The lowest BCUT2D eigenvalue weighted by Gasteiger charge is -2.36. The van der Waals surface area contributed by atoms with E-state index >= 15 is 0 Å². The van der Waals surface area contributed by atoms with E-state index in [2.05, 4.69) is 25.1 Å². The second-order valence-corrected chi connectivity index (χ2v) is 6.36. The monoisotopic (exact) mass is 328 g/mol. The highest BCUT2D eigenvalue weighted by Gasteiger charge is 2.34. The predicted octanol–water partition coefficient (Wildman–Crippen LogP) is 2.55. The highest BCUT2D eigenvalue weighted by atomic mass is 35.5. The number of carbonyl (C=O) groups excluding carboxylic acids is 1. The Morgan fingerprint density at radius 2 is 2.05 bits per heavy atom. The molecule has 2 rings (SSSR count). The highest BCUT2D eigenvalue weighted by Crippen LogP contribution is 2.28.